The minimum absolute atomic E-state index is 0.459. The Morgan fingerprint density at radius 1 is 1.44 bits per heavy atom. The second-order valence-electron chi connectivity index (χ2n) is 4.61. The maximum Gasteiger partial charge on any atom is 0.121 e. The molecule has 0 amide bonds. The first-order valence-electron chi connectivity index (χ1n) is 5.81. The summed E-state index contributed by atoms with van der Waals surface area (Å²) in [5.74, 6) is 1.48. The summed E-state index contributed by atoms with van der Waals surface area (Å²) in [6.45, 7) is 6.66. The second-order valence-corrected chi connectivity index (χ2v) is 4.61. The highest BCUT2D eigenvalue weighted by Gasteiger charge is 2.17. The third kappa shape index (κ3) is 3.14. The quantitative estimate of drug-likeness (QED) is 0.828. The van der Waals surface area contributed by atoms with Gasteiger partial charge in [0, 0.05) is 11.8 Å². The van der Waals surface area contributed by atoms with Crippen LogP contribution in [0.2, 0.25) is 0 Å². The number of rotatable bonds is 5. The average molecular weight is 221 g/mol. The number of benzene rings is 1. The molecular formula is C13H19NO2. The van der Waals surface area contributed by atoms with Crippen molar-refractivity contribution < 1.29 is 9.47 Å². The van der Waals surface area contributed by atoms with Crippen LogP contribution in [-0.4, -0.2) is 25.9 Å². The van der Waals surface area contributed by atoms with Crippen molar-refractivity contribution in [3.05, 3.63) is 24.3 Å². The second kappa shape index (κ2) is 5.21. The number of anilines is 1. The zero-order chi connectivity index (χ0) is 11.4. The molecule has 0 bridgehead atoms. The van der Waals surface area contributed by atoms with Crippen LogP contribution in [0.5, 0.6) is 5.75 Å². The lowest BCUT2D eigenvalue weighted by Crippen LogP contribution is -2.40. The highest BCUT2D eigenvalue weighted by molar-refractivity contribution is 5.49. The van der Waals surface area contributed by atoms with Gasteiger partial charge < -0.3 is 14.8 Å². The van der Waals surface area contributed by atoms with E-state index in [1.807, 2.05) is 18.2 Å². The third-order valence-electron chi connectivity index (χ3n) is 2.43. The van der Waals surface area contributed by atoms with Crippen molar-refractivity contribution >= 4 is 5.69 Å². The molecule has 3 nitrogen and oxygen atoms in total. The third-order valence-corrected chi connectivity index (χ3v) is 2.43. The summed E-state index contributed by atoms with van der Waals surface area (Å²) in [6.07, 6.45) is 0. The van der Waals surface area contributed by atoms with Gasteiger partial charge in [-0.25, -0.2) is 0 Å². The lowest BCUT2D eigenvalue weighted by molar-refractivity contribution is 0.0211. The zero-order valence-electron chi connectivity index (χ0n) is 9.90. The Balaban J connectivity index is 1.90. The maximum absolute atomic E-state index is 5.67. The number of hydrogen-bond donors (Lipinski definition) is 1. The zero-order valence-corrected chi connectivity index (χ0v) is 9.90. The summed E-state index contributed by atoms with van der Waals surface area (Å²) in [7, 11) is 0. The topological polar surface area (TPSA) is 30.5 Å². The van der Waals surface area contributed by atoms with E-state index >= 15 is 0 Å². The van der Waals surface area contributed by atoms with E-state index in [2.05, 4.69) is 25.2 Å². The molecule has 0 spiro atoms. The fourth-order valence-corrected chi connectivity index (χ4v) is 1.49. The smallest absolute Gasteiger partial charge is 0.121 e. The Bertz CT molecular complexity index is 334. The molecule has 1 saturated heterocycles. The molecule has 1 aromatic carbocycles. The Kier molecular flexibility index (Phi) is 3.67. The summed E-state index contributed by atoms with van der Waals surface area (Å²) in [4.78, 5) is 0. The highest BCUT2D eigenvalue weighted by atomic mass is 16.5. The van der Waals surface area contributed by atoms with Crippen molar-refractivity contribution in [3.8, 4) is 5.75 Å². The summed E-state index contributed by atoms with van der Waals surface area (Å²) < 4.78 is 10.8. The van der Waals surface area contributed by atoms with Crippen molar-refractivity contribution in [3.63, 3.8) is 0 Å². The molecule has 0 unspecified atom stereocenters. The lowest BCUT2D eigenvalue weighted by atomic mass is 10.2. The van der Waals surface area contributed by atoms with Gasteiger partial charge in [0.15, 0.2) is 0 Å². The number of ether oxygens (including phenoxy) is 2. The molecule has 1 fully saturated rings. The van der Waals surface area contributed by atoms with E-state index in [1.165, 1.54) is 0 Å². The van der Waals surface area contributed by atoms with E-state index in [1.54, 1.807) is 0 Å². The van der Waals surface area contributed by atoms with Crippen LogP contribution in [0, 0.1) is 5.92 Å². The predicted octanol–water partition coefficient (Wildman–Crippen LogP) is 2.53. The standard InChI is InChI=1S/C13H19NO2/c1-10(2)7-16-13-5-3-4-11(6-13)14-12-8-15-9-12/h3-6,10,12,14H,7-9H2,1-2H3. The van der Waals surface area contributed by atoms with Gasteiger partial charge in [0.25, 0.3) is 0 Å². The molecule has 1 aliphatic heterocycles. The molecule has 3 heteroatoms. The molecule has 2 rings (SSSR count). The molecular weight excluding hydrogens is 202 g/mol. The average Bonchev–Trinajstić information content (AvgIpc) is 2.21. The number of nitrogens with one attached hydrogen (secondary N) is 1. The van der Waals surface area contributed by atoms with Crippen LogP contribution in [0.1, 0.15) is 13.8 Å². The molecule has 0 aromatic heterocycles. The molecule has 88 valence electrons. The van der Waals surface area contributed by atoms with Gasteiger partial charge in [-0.3, -0.25) is 0 Å². The number of hydrogen-bond acceptors (Lipinski definition) is 3. The molecule has 1 heterocycles. The van der Waals surface area contributed by atoms with Crippen LogP contribution in [0.25, 0.3) is 0 Å². The van der Waals surface area contributed by atoms with Crippen LogP contribution in [0.4, 0.5) is 5.69 Å². The van der Waals surface area contributed by atoms with E-state index < -0.39 is 0 Å². The predicted molar refractivity (Wildman–Crippen MR) is 65.0 cm³/mol. The molecule has 0 saturated carbocycles. The van der Waals surface area contributed by atoms with Crippen LogP contribution in [-0.2, 0) is 4.74 Å². The van der Waals surface area contributed by atoms with Crippen molar-refractivity contribution in [2.45, 2.75) is 19.9 Å². The van der Waals surface area contributed by atoms with E-state index in [0.717, 1.165) is 31.3 Å². The summed E-state index contributed by atoms with van der Waals surface area (Å²) >= 11 is 0. The van der Waals surface area contributed by atoms with E-state index in [9.17, 15) is 0 Å². The van der Waals surface area contributed by atoms with Gasteiger partial charge in [-0.05, 0) is 18.1 Å². The molecule has 0 atom stereocenters. The van der Waals surface area contributed by atoms with E-state index in [0.29, 0.717) is 12.0 Å². The molecule has 0 radical (unpaired) electrons. The summed E-state index contributed by atoms with van der Waals surface area (Å²) in [5, 5.41) is 3.40. The largest absolute Gasteiger partial charge is 0.493 e. The van der Waals surface area contributed by atoms with Gasteiger partial charge in [-0.1, -0.05) is 19.9 Å². The van der Waals surface area contributed by atoms with Crippen LogP contribution in [0.15, 0.2) is 24.3 Å². The van der Waals surface area contributed by atoms with Crippen molar-refractivity contribution in [1.82, 2.24) is 0 Å². The summed E-state index contributed by atoms with van der Waals surface area (Å²) in [5.41, 5.74) is 1.11. The van der Waals surface area contributed by atoms with Crippen molar-refractivity contribution in [2.24, 2.45) is 5.92 Å². The Labute approximate surface area is 96.8 Å². The van der Waals surface area contributed by atoms with Gasteiger partial charge in [0.2, 0.25) is 0 Å². The fourth-order valence-electron chi connectivity index (χ4n) is 1.49. The lowest BCUT2D eigenvalue weighted by Gasteiger charge is -2.27. The van der Waals surface area contributed by atoms with Crippen LogP contribution >= 0.6 is 0 Å². The fraction of sp³-hybridized carbons (Fsp3) is 0.538. The van der Waals surface area contributed by atoms with Gasteiger partial charge in [0.05, 0.1) is 25.9 Å². The molecule has 1 aliphatic rings. The molecule has 0 aliphatic carbocycles. The Hall–Kier alpha value is -1.22. The van der Waals surface area contributed by atoms with Gasteiger partial charge in [-0.15, -0.1) is 0 Å². The monoisotopic (exact) mass is 221 g/mol. The minimum Gasteiger partial charge on any atom is -0.493 e. The first-order chi connectivity index (χ1) is 7.74. The molecule has 1 aromatic rings. The van der Waals surface area contributed by atoms with Crippen LogP contribution in [0.3, 0.4) is 0 Å². The Morgan fingerprint density at radius 3 is 2.88 bits per heavy atom. The van der Waals surface area contributed by atoms with Crippen molar-refractivity contribution in [1.29, 1.82) is 0 Å². The minimum atomic E-state index is 0.459. The van der Waals surface area contributed by atoms with Gasteiger partial charge in [0.1, 0.15) is 5.75 Å². The first kappa shape index (κ1) is 11.3. The maximum atomic E-state index is 5.67. The van der Waals surface area contributed by atoms with Crippen LogP contribution < -0.4 is 10.1 Å². The van der Waals surface area contributed by atoms with Gasteiger partial charge >= 0.3 is 0 Å². The Morgan fingerprint density at radius 2 is 2.25 bits per heavy atom. The van der Waals surface area contributed by atoms with E-state index in [4.69, 9.17) is 9.47 Å². The highest BCUT2D eigenvalue weighted by Crippen LogP contribution is 2.20. The molecule has 1 N–H and O–H groups in total. The van der Waals surface area contributed by atoms with Gasteiger partial charge in [-0.2, -0.15) is 0 Å². The summed E-state index contributed by atoms with van der Waals surface area (Å²) in [6, 6.07) is 8.56. The van der Waals surface area contributed by atoms with Crippen molar-refractivity contribution in [2.75, 3.05) is 25.1 Å². The first-order valence-corrected chi connectivity index (χ1v) is 5.81. The SMILES string of the molecule is CC(C)COc1cccc(NC2COC2)c1. The molecule has 16 heavy (non-hydrogen) atoms. The normalized spacial score (nSPS) is 15.9. The van der Waals surface area contributed by atoms with E-state index in [-0.39, 0.29) is 0 Å².